The first-order valence-electron chi connectivity index (χ1n) is 11.5. The molecular weight excluding hydrogens is 450 g/mol. The molecule has 0 aliphatic rings. The van der Waals surface area contributed by atoms with Crippen molar-refractivity contribution in [1.82, 2.24) is 10.2 Å². The van der Waals surface area contributed by atoms with Crippen LogP contribution in [-0.4, -0.2) is 50.0 Å². The fraction of sp³-hybridized carbons (Fsp3) is 0.462. The van der Waals surface area contributed by atoms with E-state index in [1.165, 1.54) is 4.90 Å². The third-order valence-corrected chi connectivity index (χ3v) is 7.07. The van der Waals surface area contributed by atoms with Crippen LogP contribution in [0.25, 0.3) is 0 Å². The van der Waals surface area contributed by atoms with Gasteiger partial charge in [0.15, 0.2) is 0 Å². The summed E-state index contributed by atoms with van der Waals surface area (Å²) in [6.45, 7) is 11.1. The van der Waals surface area contributed by atoms with Gasteiger partial charge in [0.2, 0.25) is 21.8 Å². The zero-order chi connectivity index (χ0) is 25.6. The van der Waals surface area contributed by atoms with Crippen LogP contribution in [-0.2, 0) is 26.2 Å². The van der Waals surface area contributed by atoms with Crippen LogP contribution >= 0.6 is 0 Å². The molecule has 0 spiro atoms. The number of hydrogen-bond donors (Lipinski definition) is 1. The number of nitrogens with one attached hydrogen (secondary N) is 1. The van der Waals surface area contributed by atoms with Crippen LogP contribution in [0.15, 0.2) is 42.5 Å². The van der Waals surface area contributed by atoms with Gasteiger partial charge in [0.1, 0.15) is 12.6 Å². The number of carbonyl (C=O) groups is 2. The van der Waals surface area contributed by atoms with E-state index in [1.54, 1.807) is 13.0 Å². The summed E-state index contributed by atoms with van der Waals surface area (Å²) in [5.74, 6) is -0.718. The zero-order valence-electron chi connectivity index (χ0n) is 21.3. The number of amides is 2. The van der Waals surface area contributed by atoms with Crippen molar-refractivity contribution < 1.29 is 18.0 Å². The van der Waals surface area contributed by atoms with Gasteiger partial charge in [0.25, 0.3) is 0 Å². The van der Waals surface area contributed by atoms with E-state index in [2.05, 4.69) is 5.32 Å². The Morgan fingerprint density at radius 3 is 2.09 bits per heavy atom. The lowest BCUT2D eigenvalue weighted by Crippen LogP contribution is -2.52. The lowest BCUT2D eigenvalue weighted by atomic mass is 10.1. The van der Waals surface area contributed by atoms with Crippen LogP contribution in [0.5, 0.6) is 0 Å². The maximum atomic E-state index is 13.6. The molecule has 1 N–H and O–H groups in total. The molecular formula is C26H37N3O4S. The first kappa shape index (κ1) is 27.4. The van der Waals surface area contributed by atoms with Gasteiger partial charge in [-0.15, -0.1) is 0 Å². The molecule has 2 atom stereocenters. The molecule has 2 rings (SSSR count). The fourth-order valence-electron chi connectivity index (χ4n) is 3.62. The van der Waals surface area contributed by atoms with E-state index in [4.69, 9.17) is 0 Å². The maximum Gasteiger partial charge on any atom is 0.244 e. The number of benzene rings is 2. The van der Waals surface area contributed by atoms with Gasteiger partial charge in [-0.3, -0.25) is 13.9 Å². The molecule has 0 saturated carbocycles. The van der Waals surface area contributed by atoms with Gasteiger partial charge < -0.3 is 10.2 Å². The van der Waals surface area contributed by atoms with Gasteiger partial charge in [-0.2, -0.15) is 0 Å². The third kappa shape index (κ3) is 7.32. The highest BCUT2D eigenvalue weighted by atomic mass is 32.2. The predicted octanol–water partition coefficient (Wildman–Crippen LogP) is 3.71. The van der Waals surface area contributed by atoms with Crippen LogP contribution < -0.4 is 9.62 Å². The number of anilines is 1. The molecule has 0 aliphatic heterocycles. The Balaban J connectivity index is 2.41. The summed E-state index contributed by atoms with van der Waals surface area (Å²) in [4.78, 5) is 27.9. The number of nitrogens with zero attached hydrogens (tertiary/aromatic N) is 2. The normalized spacial score (nSPS) is 13.1. The molecule has 0 unspecified atom stereocenters. The van der Waals surface area contributed by atoms with Crippen molar-refractivity contribution in [2.75, 3.05) is 17.1 Å². The van der Waals surface area contributed by atoms with Crippen LogP contribution in [0.3, 0.4) is 0 Å². The van der Waals surface area contributed by atoms with Crippen LogP contribution in [0.2, 0.25) is 0 Å². The summed E-state index contributed by atoms with van der Waals surface area (Å²) >= 11 is 0. The molecule has 34 heavy (non-hydrogen) atoms. The lowest BCUT2D eigenvalue weighted by molar-refractivity contribution is -0.139. The highest BCUT2D eigenvalue weighted by Gasteiger charge is 2.30. The molecule has 7 nitrogen and oxygen atoms in total. The molecule has 0 saturated heterocycles. The second kappa shape index (κ2) is 11.5. The van der Waals surface area contributed by atoms with E-state index in [0.717, 1.165) is 39.2 Å². The van der Waals surface area contributed by atoms with Crippen molar-refractivity contribution in [2.24, 2.45) is 0 Å². The van der Waals surface area contributed by atoms with E-state index in [0.29, 0.717) is 5.69 Å². The molecule has 2 aromatic carbocycles. The smallest absolute Gasteiger partial charge is 0.244 e. The first-order valence-corrected chi connectivity index (χ1v) is 13.4. The highest BCUT2D eigenvalue weighted by molar-refractivity contribution is 7.92. The standard InChI is InChI=1S/C26H37N3O4S/c1-8-21(5)27-26(31)22(6)28(16-23-12-9-18(2)10-13-23)25(30)17-29(34(7,32)33)24-14-11-19(3)15-20(24)4/h9-15,21-22H,8,16-17H2,1-7H3,(H,27,31)/t21-,22-/m0/s1. The number of hydrogen-bond acceptors (Lipinski definition) is 4. The molecule has 2 aromatic rings. The van der Waals surface area contributed by atoms with E-state index in [9.17, 15) is 18.0 Å². The second-order valence-electron chi connectivity index (χ2n) is 9.06. The predicted molar refractivity (Wildman–Crippen MR) is 137 cm³/mol. The Labute approximate surface area is 204 Å². The minimum Gasteiger partial charge on any atom is -0.352 e. The van der Waals surface area contributed by atoms with Crippen molar-refractivity contribution in [2.45, 2.75) is 66.6 Å². The van der Waals surface area contributed by atoms with Gasteiger partial charge in [0.05, 0.1) is 11.9 Å². The molecule has 0 aromatic heterocycles. The Morgan fingerprint density at radius 2 is 1.56 bits per heavy atom. The third-order valence-electron chi connectivity index (χ3n) is 5.94. The molecule has 0 bridgehead atoms. The lowest BCUT2D eigenvalue weighted by Gasteiger charge is -2.32. The fourth-order valence-corrected chi connectivity index (χ4v) is 4.53. The summed E-state index contributed by atoms with van der Waals surface area (Å²) < 4.78 is 26.5. The van der Waals surface area contributed by atoms with Gasteiger partial charge in [-0.05, 0) is 58.2 Å². The van der Waals surface area contributed by atoms with E-state index in [-0.39, 0.29) is 18.5 Å². The first-order chi connectivity index (χ1) is 15.8. The largest absolute Gasteiger partial charge is 0.352 e. The molecule has 0 fully saturated rings. The average molecular weight is 488 g/mol. The molecule has 0 heterocycles. The highest BCUT2D eigenvalue weighted by Crippen LogP contribution is 2.24. The SMILES string of the molecule is CC[C@H](C)NC(=O)[C@H](C)N(Cc1ccc(C)cc1)C(=O)CN(c1ccc(C)cc1C)S(C)(=O)=O. The molecule has 2 amide bonds. The van der Waals surface area contributed by atoms with Crippen LogP contribution in [0.4, 0.5) is 5.69 Å². The van der Waals surface area contributed by atoms with Crippen LogP contribution in [0, 0.1) is 20.8 Å². The van der Waals surface area contributed by atoms with E-state index >= 15 is 0 Å². The second-order valence-corrected chi connectivity index (χ2v) is 11.0. The maximum absolute atomic E-state index is 13.6. The van der Waals surface area contributed by atoms with Gasteiger partial charge in [-0.1, -0.05) is 54.4 Å². The topological polar surface area (TPSA) is 86.8 Å². The van der Waals surface area contributed by atoms with Crippen molar-refractivity contribution in [1.29, 1.82) is 0 Å². The summed E-state index contributed by atoms with van der Waals surface area (Å²) in [6.07, 6.45) is 1.85. The van der Waals surface area contributed by atoms with Gasteiger partial charge in [-0.25, -0.2) is 8.42 Å². The van der Waals surface area contributed by atoms with E-state index < -0.39 is 28.5 Å². The van der Waals surface area contributed by atoms with E-state index in [1.807, 2.05) is 71.0 Å². The molecule has 0 aliphatic carbocycles. The Hall–Kier alpha value is -2.87. The monoisotopic (exact) mass is 487 g/mol. The summed E-state index contributed by atoms with van der Waals surface area (Å²) in [5, 5.41) is 2.93. The number of aryl methyl sites for hydroxylation is 3. The Kier molecular flexibility index (Phi) is 9.27. The van der Waals surface area contributed by atoms with Crippen molar-refractivity contribution in [3.8, 4) is 0 Å². The van der Waals surface area contributed by atoms with Crippen molar-refractivity contribution in [3.05, 3.63) is 64.7 Å². The number of sulfonamides is 1. The zero-order valence-corrected chi connectivity index (χ0v) is 22.1. The van der Waals surface area contributed by atoms with Crippen LogP contribution in [0.1, 0.15) is 49.4 Å². The Morgan fingerprint density at radius 1 is 0.971 bits per heavy atom. The van der Waals surface area contributed by atoms with Crippen molar-refractivity contribution >= 4 is 27.5 Å². The number of rotatable bonds is 10. The van der Waals surface area contributed by atoms with Crippen molar-refractivity contribution in [3.63, 3.8) is 0 Å². The Bertz CT molecular complexity index is 1110. The average Bonchev–Trinajstić information content (AvgIpc) is 2.76. The summed E-state index contributed by atoms with van der Waals surface area (Å²) in [5.41, 5.74) is 4.15. The molecule has 186 valence electrons. The minimum absolute atomic E-state index is 0.0333. The van der Waals surface area contributed by atoms with Gasteiger partial charge in [0, 0.05) is 12.6 Å². The number of carbonyl (C=O) groups excluding carboxylic acids is 2. The quantitative estimate of drug-likeness (QED) is 0.554. The summed E-state index contributed by atoms with van der Waals surface area (Å²) in [7, 11) is -3.74. The van der Waals surface area contributed by atoms with Gasteiger partial charge >= 0.3 is 0 Å². The summed E-state index contributed by atoms with van der Waals surface area (Å²) in [6, 6.07) is 12.3. The molecule has 0 radical (unpaired) electrons. The minimum atomic E-state index is -3.74. The molecule has 8 heteroatoms.